The summed E-state index contributed by atoms with van der Waals surface area (Å²) in [7, 11) is 0. The van der Waals surface area contributed by atoms with E-state index in [0.717, 1.165) is 0 Å². The van der Waals surface area contributed by atoms with Crippen LogP contribution in [-0.2, 0) is 122 Å². The molecule has 0 fully saturated rings. The zero-order valence-corrected chi connectivity index (χ0v) is 85.0. The molecule has 1 aromatic heterocycles. The van der Waals surface area contributed by atoms with Gasteiger partial charge in [0.1, 0.15) is 72.5 Å². The molecular formula is C103H153N25O16. The van der Waals surface area contributed by atoms with E-state index in [0.29, 0.717) is 92.2 Å². The van der Waals surface area contributed by atoms with E-state index in [1.807, 2.05) is 69.2 Å². The maximum atomic E-state index is 15.7. The zero-order valence-electron chi connectivity index (χ0n) is 85.0. The Morgan fingerprint density at radius 1 is 0.347 bits per heavy atom. The van der Waals surface area contributed by atoms with Crippen molar-refractivity contribution in [2.24, 2.45) is 46.2 Å². The second-order valence-electron chi connectivity index (χ2n) is 37.9. The number of aromatic nitrogens is 3. The van der Waals surface area contributed by atoms with Gasteiger partial charge in [-0.05, 0) is 115 Å². The maximum absolute atomic E-state index is 15.7. The lowest BCUT2D eigenvalue weighted by atomic mass is 9.97. The molecule has 0 saturated heterocycles. The molecule has 6 aromatic rings. The van der Waals surface area contributed by atoms with E-state index < -0.39 is 174 Å². The van der Waals surface area contributed by atoms with Crippen LogP contribution in [0.25, 0.3) is 10.4 Å². The molecule has 6 rings (SSSR count). The topological polar surface area (TPSA) is 601 Å². The Hall–Kier alpha value is -13.6. The summed E-state index contributed by atoms with van der Waals surface area (Å²) in [4.78, 5) is 224. The summed E-state index contributed by atoms with van der Waals surface area (Å²) in [6.45, 7) is 24.0. The Morgan fingerprint density at radius 2 is 0.625 bits per heavy atom. The van der Waals surface area contributed by atoms with E-state index in [-0.39, 0.29) is 140 Å². The minimum Gasteiger partial charge on any atom is -0.379 e. The van der Waals surface area contributed by atoms with Gasteiger partial charge in [-0.15, -0.1) is 5.10 Å². The number of benzene rings is 5. The van der Waals surface area contributed by atoms with Crippen molar-refractivity contribution in [2.45, 2.75) is 252 Å². The van der Waals surface area contributed by atoms with Crippen LogP contribution >= 0.6 is 0 Å². The van der Waals surface area contributed by atoms with E-state index in [1.54, 1.807) is 169 Å². The lowest BCUT2D eigenvalue weighted by Crippen LogP contribution is -2.62. The van der Waals surface area contributed by atoms with Crippen molar-refractivity contribution in [3.8, 4) is 0 Å². The molecule has 12 atom stereocenters. The molecule has 0 radical (unpaired) electrons. The van der Waals surface area contributed by atoms with Crippen molar-refractivity contribution in [2.75, 3.05) is 78.7 Å². The third-order valence-electron chi connectivity index (χ3n) is 22.9. The SMILES string of the molecule is CCNC(=O)[C@H](CC(=O)NCCNCCN)NC(=O)[C@@H](CC(=O)NCCNCCN)NC(=O)[C@@H](Cc1ccccc1)NC(=O)[C@@H](Cc1ccccc1)NC(=O)[C@@H](Cc1ccccc1)NC(=O)[C@@H](Cc1ccccc1)NC(=O)[C@H](Cc1ccccc1)NC(=O)[C@H](CC(C)C)NC(=O)[C@H](CC(C)C)NC(=O)[C@H](CC(C)C)NC(=O)[C@H](CC(C)C)NC(=O)[C@@H](CC(C)C)NC(=O)CCCc1cn(CCOCCN=[N+]=[N-])nn1. The molecular weight excluding hydrogens is 1840 g/mol. The van der Waals surface area contributed by atoms with Gasteiger partial charge in [0.05, 0.1) is 38.3 Å². The van der Waals surface area contributed by atoms with Crippen LogP contribution in [0, 0.1) is 29.6 Å². The summed E-state index contributed by atoms with van der Waals surface area (Å²) < 4.78 is 7.07. The first-order valence-electron chi connectivity index (χ1n) is 50.0. The number of hydrogen-bond acceptors (Lipinski definition) is 23. The summed E-state index contributed by atoms with van der Waals surface area (Å²) in [5.41, 5.74) is 23.2. The van der Waals surface area contributed by atoms with Gasteiger partial charge < -0.3 is 107 Å². The molecule has 0 unspecified atom stereocenters. The smallest absolute Gasteiger partial charge is 0.243 e. The highest BCUT2D eigenvalue weighted by atomic mass is 16.5. The van der Waals surface area contributed by atoms with Crippen LogP contribution in [0.2, 0.25) is 0 Å². The van der Waals surface area contributed by atoms with Gasteiger partial charge in [0.15, 0.2) is 0 Å². The Balaban J connectivity index is 1.27. The fourth-order valence-corrected chi connectivity index (χ4v) is 15.7. The molecule has 5 aromatic carbocycles. The van der Waals surface area contributed by atoms with Crippen LogP contribution in [0.3, 0.4) is 0 Å². The summed E-state index contributed by atoms with van der Waals surface area (Å²) in [6.07, 6.45) is 0.961. The first-order chi connectivity index (χ1) is 69.0. The highest BCUT2D eigenvalue weighted by molar-refractivity contribution is 6.01. The first kappa shape index (κ1) is 119. The third kappa shape index (κ3) is 47.1. The Labute approximate surface area is 844 Å². The standard InChI is InChI=1S/C103H153N25O16/c1-12-109-92(132)87(63-90(130)110-47-45-107-43-41-104)123-103(143)88(64-91(131)111-48-46-108-44-42-105)124-102(142)86(62-75-37-26-17-27-38-75)122-101(141)85(61-74-35-24-16-25-36-74)121-100(140)84(60-73-33-22-15-23-34-73)120-99(139)83(59-72-31-20-14-21-32-72)119-98(138)82(58-71-29-18-13-19-30-71)118-97(137)81(57-70(10)11)117-96(136)80(56-69(8)9)116-95(135)79(55-68(6)7)115-94(134)78(54-67(4)5)114-93(133)77(53-66(2)3)113-89(129)40-28-39-76-65-128(127-125-76)50-52-144-51-49-112-126-106/h13-27,29-38,65-70,77-88,107-108H,12,28,39-64,104-105H2,1-11H3,(H,109,132)(H,110,130)(H,111,131)(H,113,129)(H,114,133)(H,115,134)(H,116,135)(H,117,136)(H,118,137)(H,119,138)(H,120,139)(H,121,140)(H,122,141)(H,123,143)(H,124,142)/t77-,78+,79+,80+,81+,82+,83-,84-,85-,86-,87+,88-/m1/s1. The molecule has 0 saturated carbocycles. The molecule has 0 bridgehead atoms. The largest absolute Gasteiger partial charge is 0.379 e. The van der Waals surface area contributed by atoms with Crippen LogP contribution in [0.1, 0.15) is 167 Å². The highest BCUT2D eigenvalue weighted by Gasteiger charge is 2.40. The number of nitrogens with two attached hydrogens (primary N) is 2. The number of ether oxygens (including phenoxy) is 1. The van der Waals surface area contributed by atoms with Crippen molar-refractivity contribution >= 4 is 88.6 Å². The average molecular weight is 2000 g/mol. The number of carbonyl (C=O) groups excluding carboxylic acids is 15. The van der Waals surface area contributed by atoms with Crippen molar-refractivity contribution in [3.05, 3.63) is 202 Å². The number of likely N-dealkylation sites (N-methyl/N-ethyl adjacent to an activating group) is 1. The highest BCUT2D eigenvalue weighted by Crippen LogP contribution is 2.19. The monoisotopic (exact) mass is 2000 g/mol. The average Bonchev–Trinajstić information content (AvgIpc) is 0.902. The number of aryl methyl sites for hydroxylation is 1. The van der Waals surface area contributed by atoms with Crippen LogP contribution in [0.15, 0.2) is 163 Å². The van der Waals surface area contributed by atoms with Crippen molar-refractivity contribution < 1.29 is 76.7 Å². The second-order valence-corrected chi connectivity index (χ2v) is 37.9. The van der Waals surface area contributed by atoms with Crippen molar-refractivity contribution in [1.82, 2.24) is 105 Å². The Bertz CT molecular complexity index is 5020. The molecule has 144 heavy (non-hydrogen) atoms. The Morgan fingerprint density at radius 3 is 0.917 bits per heavy atom. The fourth-order valence-electron chi connectivity index (χ4n) is 15.7. The molecule has 21 N–H and O–H groups in total. The minimum atomic E-state index is -1.74. The second kappa shape index (κ2) is 66.3. The number of nitrogens with zero attached hydrogens (tertiary/aromatic N) is 6. The van der Waals surface area contributed by atoms with Crippen molar-refractivity contribution in [1.29, 1.82) is 0 Å². The predicted molar refractivity (Wildman–Crippen MR) is 547 cm³/mol. The Kier molecular flexibility index (Phi) is 54.8. The van der Waals surface area contributed by atoms with Gasteiger partial charge in [0, 0.05) is 115 Å². The van der Waals surface area contributed by atoms with Crippen LogP contribution < -0.4 is 102 Å². The third-order valence-corrected chi connectivity index (χ3v) is 22.9. The zero-order chi connectivity index (χ0) is 105. The van der Waals surface area contributed by atoms with Crippen LogP contribution in [0.4, 0.5) is 0 Å². The van der Waals surface area contributed by atoms with Gasteiger partial charge in [-0.25, -0.2) is 4.68 Å². The molecule has 786 valence electrons. The van der Waals surface area contributed by atoms with Gasteiger partial charge >= 0.3 is 0 Å². The van der Waals surface area contributed by atoms with E-state index in [2.05, 4.69) is 111 Å². The molecule has 0 spiro atoms. The summed E-state index contributed by atoms with van der Waals surface area (Å²) >= 11 is 0. The minimum absolute atomic E-state index is 0.0189. The number of azide groups is 1. The normalized spacial score (nSPS) is 13.7. The van der Waals surface area contributed by atoms with E-state index in [9.17, 15) is 38.4 Å². The molecule has 0 aliphatic heterocycles. The molecule has 15 amide bonds. The number of hydrogen-bond donors (Lipinski definition) is 19. The predicted octanol–water partition coefficient (Wildman–Crippen LogP) is 2.43. The number of nitrogens with one attached hydrogen (secondary N) is 17. The number of rotatable bonds is 69. The maximum Gasteiger partial charge on any atom is 0.243 e. The van der Waals surface area contributed by atoms with Gasteiger partial charge in [0.25, 0.3) is 0 Å². The number of amides is 15. The van der Waals surface area contributed by atoms with Crippen LogP contribution in [-0.4, -0.2) is 255 Å². The molecule has 0 aliphatic rings. The number of carbonyl (C=O) groups is 15. The van der Waals surface area contributed by atoms with Gasteiger partial charge in [0.2, 0.25) is 88.6 Å². The molecule has 0 aliphatic carbocycles. The summed E-state index contributed by atoms with van der Waals surface area (Å²) in [5, 5.41) is 59.9. The lowest BCUT2D eigenvalue weighted by molar-refractivity contribution is -0.137. The lowest BCUT2D eigenvalue weighted by Gasteiger charge is -2.30. The van der Waals surface area contributed by atoms with Crippen LogP contribution in [0.5, 0.6) is 0 Å². The summed E-state index contributed by atoms with van der Waals surface area (Å²) in [5.74, 6) is -12.5. The fraction of sp³-hybridized carbons (Fsp3) is 0.544. The van der Waals surface area contributed by atoms with Gasteiger partial charge in [-0.3, -0.25) is 71.9 Å². The van der Waals surface area contributed by atoms with Gasteiger partial charge in [-0.1, -0.05) is 231 Å². The van der Waals surface area contributed by atoms with Crippen molar-refractivity contribution in [3.63, 3.8) is 0 Å². The summed E-state index contributed by atoms with van der Waals surface area (Å²) in [6, 6.07) is 26.3. The molecule has 41 nitrogen and oxygen atoms in total. The van der Waals surface area contributed by atoms with Gasteiger partial charge in [-0.2, -0.15) is 0 Å². The van der Waals surface area contributed by atoms with E-state index in [4.69, 9.17) is 21.7 Å². The quantitative estimate of drug-likeness (QED) is 0.0113. The van der Waals surface area contributed by atoms with E-state index in [1.165, 1.54) is 0 Å². The molecule has 1 heterocycles. The first-order valence-corrected chi connectivity index (χ1v) is 50.0. The van der Waals surface area contributed by atoms with E-state index >= 15 is 33.6 Å². The molecule has 41 heteroatoms.